The summed E-state index contributed by atoms with van der Waals surface area (Å²) < 4.78 is 0. The predicted octanol–water partition coefficient (Wildman–Crippen LogP) is 0.699. The molecule has 0 atom stereocenters. The molecule has 0 aromatic heterocycles. The van der Waals surface area contributed by atoms with Crippen molar-refractivity contribution in [1.29, 1.82) is 0 Å². The Morgan fingerprint density at radius 3 is 2.08 bits per heavy atom. The molecule has 138 valence electrons. The summed E-state index contributed by atoms with van der Waals surface area (Å²) in [5, 5.41) is 21.9. The van der Waals surface area contributed by atoms with Crippen LogP contribution in [-0.2, 0) is 15.0 Å². The van der Waals surface area contributed by atoms with Gasteiger partial charge in [0.05, 0.1) is 5.69 Å². The molecule has 26 heavy (non-hydrogen) atoms. The maximum Gasteiger partial charge on any atom is 0.322 e. The molecule has 0 radical (unpaired) electrons. The van der Waals surface area contributed by atoms with Crippen molar-refractivity contribution in [3.05, 3.63) is 28.8 Å². The standard InChI is InChI=1S/C17H19N3O6/c1-8-17(2,3)14-10(16(26)19-7-13(23)24)4-9(5-11(14)20-8)15(25)18-6-12(21)22/h4-5H,6-7H2,1-3H3,(H,18,25)(H,19,26)(H,21,22)(H,23,24). The van der Waals surface area contributed by atoms with Crippen molar-refractivity contribution in [2.24, 2.45) is 4.99 Å². The van der Waals surface area contributed by atoms with Crippen molar-refractivity contribution in [2.75, 3.05) is 13.1 Å². The van der Waals surface area contributed by atoms with Crippen LogP contribution in [0.2, 0.25) is 0 Å². The Hall–Kier alpha value is -3.23. The first kappa shape index (κ1) is 19.1. The van der Waals surface area contributed by atoms with Gasteiger partial charge in [-0.25, -0.2) is 0 Å². The fourth-order valence-electron chi connectivity index (χ4n) is 2.69. The lowest BCUT2D eigenvalue weighted by Crippen LogP contribution is -2.34. The number of nitrogens with zero attached hydrogens (tertiary/aromatic N) is 1. The van der Waals surface area contributed by atoms with Crippen LogP contribution in [-0.4, -0.2) is 52.8 Å². The van der Waals surface area contributed by atoms with Gasteiger partial charge in [0, 0.05) is 27.8 Å². The third-order valence-electron chi connectivity index (χ3n) is 4.24. The van der Waals surface area contributed by atoms with E-state index in [1.807, 2.05) is 13.8 Å². The summed E-state index contributed by atoms with van der Waals surface area (Å²) in [6.45, 7) is 4.41. The van der Waals surface area contributed by atoms with E-state index in [0.717, 1.165) is 5.71 Å². The molecule has 1 heterocycles. The molecule has 0 saturated carbocycles. The number of fused-ring (bicyclic) bond motifs is 1. The number of aliphatic imine (C=N–C) groups is 1. The molecule has 1 aliphatic heterocycles. The zero-order valence-corrected chi connectivity index (χ0v) is 14.5. The highest BCUT2D eigenvalue weighted by molar-refractivity contribution is 6.09. The number of hydrogen-bond acceptors (Lipinski definition) is 5. The van der Waals surface area contributed by atoms with Crippen LogP contribution in [0.5, 0.6) is 0 Å². The number of benzene rings is 1. The van der Waals surface area contributed by atoms with Gasteiger partial charge in [0.15, 0.2) is 0 Å². The summed E-state index contributed by atoms with van der Waals surface area (Å²) in [7, 11) is 0. The Bertz CT molecular complexity index is 841. The number of hydrogen-bond donors (Lipinski definition) is 4. The van der Waals surface area contributed by atoms with Crippen molar-refractivity contribution < 1.29 is 29.4 Å². The van der Waals surface area contributed by atoms with E-state index in [9.17, 15) is 19.2 Å². The highest BCUT2D eigenvalue weighted by Crippen LogP contribution is 2.42. The molecule has 9 heteroatoms. The van der Waals surface area contributed by atoms with Crippen LogP contribution in [0.3, 0.4) is 0 Å². The van der Waals surface area contributed by atoms with E-state index in [4.69, 9.17) is 10.2 Å². The van der Waals surface area contributed by atoms with E-state index in [0.29, 0.717) is 11.3 Å². The van der Waals surface area contributed by atoms with Gasteiger partial charge >= 0.3 is 11.9 Å². The van der Waals surface area contributed by atoms with Gasteiger partial charge < -0.3 is 20.8 Å². The average Bonchev–Trinajstić information content (AvgIpc) is 2.78. The molecule has 1 aliphatic rings. The van der Waals surface area contributed by atoms with Gasteiger partial charge in [-0.2, -0.15) is 0 Å². The van der Waals surface area contributed by atoms with Gasteiger partial charge in [-0.05, 0) is 19.1 Å². The fourth-order valence-corrected chi connectivity index (χ4v) is 2.69. The van der Waals surface area contributed by atoms with Crippen molar-refractivity contribution in [3.8, 4) is 0 Å². The second-order valence-corrected chi connectivity index (χ2v) is 6.39. The maximum absolute atomic E-state index is 12.5. The molecule has 1 aromatic rings. The molecule has 1 aromatic carbocycles. The molecule has 9 nitrogen and oxygen atoms in total. The topological polar surface area (TPSA) is 145 Å². The Morgan fingerprint density at radius 2 is 1.54 bits per heavy atom. The number of aliphatic carboxylic acids is 2. The van der Waals surface area contributed by atoms with Crippen LogP contribution in [0.4, 0.5) is 5.69 Å². The zero-order valence-electron chi connectivity index (χ0n) is 14.5. The lowest BCUT2D eigenvalue weighted by molar-refractivity contribution is -0.136. The highest BCUT2D eigenvalue weighted by atomic mass is 16.4. The van der Waals surface area contributed by atoms with Gasteiger partial charge in [0.25, 0.3) is 11.8 Å². The number of amides is 2. The number of carbonyl (C=O) groups excluding carboxylic acids is 2. The number of rotatable bonds is 6. The quantitative estimate of drug-likeness (QED) is 0.587. The van der Waals surface area contributed by atoms with E-state index in [1.54, 1.807) is 6.92 Å². The number of carboxylic acids is 2. The number of nitrogens with one attached hydrogen (secondary N) is 2. The van der Waals surface area contributed by atoms with Crippen molar-refractivity contribution in [3.63, 3.8) is 0 Å². The zero-order chi connectivity index (χ0) is 19.6. The van der Waals surface area contributed by atoms with E-state index >= 15 is 0 Å². The lowest BCUT2D eigenvalue weighted by atomic mass is 9.79. The summed E-state index contributed by atoms with van der Waals surface area (Å²) >= 11 is 0. The van der Waals surface area contributed by atoms with Gasteiger partial charge in [0.1, 0.15) is 13.1 Å². The van der Waals surface area contributed by atoms with E-state index in [-0.39, 0.29) is 11.1 Å². The molecule has 2 rings (SSSR count). The van der Waals surface area contributed by atoms with Crippen LogP contribution >= 0.6 is 0 Å². The highest BCUT2D eigenvalue weighted by Gasteiger charge is 2.37. The molecule has 2 amide bonds. The second-order valence-electron chi connectivity index (χ2n) is 6.39. The van der Waals surface area contributed by atoms with Gasteiger partial charge in [-0.3, -0.25) is 24.2 Å². The van der Waals surface area contributed by atoms with E-state index < -0.39 is 42.3 Å². The first-order valence-corrected chi connectivity index (χ1v) is 7.78. The SMILES string of the molecule is CC1=Nc2cc(C(=O)NCC(=O)O)cc(C(=O)NCC(=O)O)c2C1(C)C. The minimum Gasteiger partial charge on any atom is -0.480 e. The molecular formula is C17H19N3O6. The largest absolute Gasteiger partial charge is 0.480 e. The summed E-state index contributed by atoms with van der Waals surface area (Å²) in [5.41, 5.74) is 1.39. The normalized spacial score (nSPS) is 14.2. The second kappa shape index (κ2) is 6.95. The van der Waals surface area contributed by atoms with Crippen LogP contribution in [0.15, 0.2) is 17.1 Å². The molecule has 0 bridgehead atoms. The van der Waals surface area contributed by atoms with Crippen molar-refractivity contribution in [2.45, 2.75) is 26.2 Å². The molecule has 0 aliphatic carbocycles. The molecule has 0 spiro atoms. The van der Waals surface area contributed by atoms with Gasteiger partial charge in [-0.15, -0.1) is 0 Å². The first-order valence-electron chi connectivity index (χ1n) is 7.78. The molecule has 0 saturated heterocycles. The Kier molecular flexibility index (Phi) is 5.10. The summed E-state index contributed by atoms with van der Waals surface area (Å²) in [6.07, 6.45) is 0. The lowest BCUT2D eigenvalue weighted by Gasteiger charge is -2.23. The van der Waals surface area contributed by atoms with Crippen LogP contribution in [0.1, 0.15) is 47.1 Å². The van der Waals surface area contributed by atoms with Crippen LogP contribution in [0, 0.1) is 0 Å². The minimum absolute atomic E-state index is 0.0692. The summed E-state index contributed by atoms with van der Waals surface area (Å²) in [6, 6.07) is 2.81. The fraction of sp³-hybridized carbons (Fsp3) is 0.353. The van der Waals surface area contributed by atoms with E-state index in [1.165, 1.54) is 12.1 Å². The monoisotopic (exact) mass is 361 g/mol. The third kappa shape index (κ3) is 3.71. The minimum atomic E-state index is -1.20. The third-order valence-corrected chi connectivity index (χ3v) is 4.24. The number of carbonyl (C=O) groups is 4. The molecule has 0 fully saturated rings. The first-order chi connectivity index (χ1) is 12.0. The van der Waals surface area contributed by atoms with E-state index in [2.05, 4.69) is 15.6 Å². The Labute approximate surface area is 149 Å². The average molecular weight is 361 g/mol. The predicted molar refractivity (Wildman–Crippen MR) is 92.2 cm³/mol. The van der Waals surface area contributed by atoms with Crippen LogP contribution in [0.25, 0.3) is 0 Å². The molecule has 0 unspecified atom stereocenters. The Morgan fingerprint density at radius 1 is 1.00 bits per heavy atom. The van der Waals surface area contributed by atoms with Gasteiger partial charge in [0.2, 0.25) is 0 Å². The smallest absolute Gasteiger partial charge is 0.322 e. The molecule has 4 N–H and O–H groups in total. The Balaban J connectivity index is 2.49. The molecular weight excluding hydrogens is 342 g/mol. The summed E-state index contributed by atoms with van der Waals surface area (Å²) in [5.74, 6) is -3.71. The maximum atomic E-state index is 12.5. The number of carboxylic acid groups (broad SMARTS) is 2. The van der Waals surface area contributed by atoms with Crippen molar-refractivity contribution in [1.82, 2.24) is 10.6 Å². The van der Waals surface area contributed by atoms with Crippen molar-refractivity contribution >= 4 is 35.2 Å². The van der Waals surface area contributed by atoms with Gasteiger partial charge in [-0.1, -0.05) is 13.8 Å². The van der Waals surface area contributed by atoms with Crippen LogP contribution < -0.4 is 10.6 Å². The summed E-state index contributed by atoms with van der Waals surface area (Å²) in [4.78, 5) is 50.4.